The fourth-order valence-electron chi connectivity index (χ4n) is 3.97. The summed E-state index contributed by atoms with van der Waals surface area (Å²) in [5, 5.41) is -0.259. The first-order chi connectivity index (χ1) is 13.8. The van der Waals surface area contributed by atoms with Gasteiger partial charge < -0.3 is 9.80 Å². The van der Waals surface area contributed by atoms with Gasteiger partial charge in [0, 0.05) is 54.3 Å². The standard InChI is InChI=1S/C20H25FN4O2S2/c1-14-11-22-20(23-12-14)24-7-8-25(16(13-24)17-3-4-18(21)28-17)19(26)15-5-9-29(2,27)10-6-15/h3-4,11-12,15-16H,2,5-10,13H2,1H3. The van der Waals surface area contributed by atoms with Crippen LogP contribution >= 0.6 is 11.3 Å². The Labute approximate surface area is 174 Å². The number of aromatic nitrogens is 2. The molecule has 0 saturated carbocycles. The van der Waals surface area contributed by atoms with Gasteiger partial charge in [-0.05, 0) is 52.9 Å². The molecule has 2 aliphatic rings. The zero-order valence-electron chi connectivity index (χ0n) is 16.4. The van der Waals surface area contributed by atoms with Crippen molar-refractivity contribution in [3.63, 3.8) is 0 Å². The summed E-state index contributed by atoms with van der Waals surface area (Å²) < 4.78 is 25.9. The van der Waals surface area contributed by atoms with E-state index >= 15 is 0 Å². The number of anilines is 1. The summed E-state index contributed by atoms with van der Waals surface area (Å²) in [6, 6.07) is 2.96. The second kappa shape index (κ2) is 8.02. The van der Waals surface area contributed by atoms with Crippen LogP contribution in [0, 0.1) is 18.0 Å². The van der Waals surface area contributed by atoms with E-state index in [0.29, 0.717) is 49.9 Å². The Bertz CT molecular complexity index is 976. The molecule has 0 aromatic carbocycles. The Morgan fingerprint density at radius 2 is 1.93 bits per heavy atom. The van der Waals surface area contributed by atoms with E-state index in [1.807, 2.05) is 11.8 Å². The Hall–Kier alpha value is -2.00. The molecule has 2 aliphatic heterocycles. The minimum Gasteiger partial charge on any atom is -0.337 e. The normalized spacial score (nSPS) is 27.8. The zero-order chi connectivity index (χ0) is 20.6. The van der Waals surface area contributed by atoms with E-state index in [1.54, 1.807) is 18.5 Å². The maximum absolute atomic E-state index is 13.8. The summed E-state index contributed by atoms with van der Waals surface area (Å²) in [5.41, 5.74) is 0.985. The van der Waals surface area contributed by atoms with Crippen LogP contribution in [0.2, 0.25) is 0 Å². The topological polar surface area (TPSA) is 66.4 Å². The SMILES string of the molecule is C=S1(=O)CCC(C(=O)N2CCN(c3ncc(C)cn3)CC2c2ccc(F)s2)CC1. The van der Waals surface area contributed by atoms with Crippen molar-refractivity contribution < 1.29 is 13.4 Å². The summed E-state index contributed by atoms with van der Waals surface area (Å²) in [4.78, 5) is 26.9. The quantitative estimate of drug-likeness (QED) is 0.692. The van der Waals surface area contributed by atoms with E-state index < -0.39 is 9.52 Å². The van der Waals surface area contributed by atoms with Crippen LogP contribution in [-0.4, -0.2) is 62.0 Å². The number of hydrogen-bond acceptors (Lipinski definition) is 6. The second-order valence-corrected chi connectivity index (χ2v) is 11.7. The molecule has 2 aromatic heterocycles. The number of nitrogens with zero attached hydrogens (tertiary/aromatic N) is 4. The van der Waals surface area contributed by atoms with Crippen molar-refractivity contribution >= 4 is 38.6 Å². The molecule has 1 unspecified atom stereocenters. The number of carbonyl (C=O) groups is 1. The molecule has 6 nitrogen and oxygen atoms in total. The third-order valence-electron chi connectivity index (χ3n) is 5.66. The van der Waals surface area contributed by atoms with Gasteiger partial charge >= 0.3 is 0 Å². The van der Waals surface area contributed by atoms with Gasteiger partial charge in [0.1, 0.15) is 0 Å². The van der Waals surface area contributed by atoms with Gasteiger partial charge in [-0.25, -0.2) is 9.97 Å². The highest BCUT2D eigenvalue weighted by molar-refractivity contribution is 8.00. The van der Waals surface area contributed by atoms with Crippen LogP contribution in [0.1, 0.15) is 29.3 Å². The molecule has 2 aromatic rings. The summed E-state index contributed by atoms with van der Waals surface area (Å²) in [5.74, 6) is 5.35. The fourth-order valence-corrected chi connectivity index (χ4v) is 6.44. The summed E-state index contributed by atoms with van der Waals surface area (Å²) >= 11 is 1.08. The van der Waals surface area contributed by atoms with Crippen LogP contribution in [0.5, 0.6) is 0 Å². The molecule has 0 radical (unpaired) electrons. The van der Waals surface area contributed by atoms with E-state index in [-0.39, 0.29) is 23.0 Å². The highest BCUT2D eigenvalue weighted by Gasteiger charge is 2.37. The highest BCUT2D eigenvalue weighted by Crippen LogP contribution is 2.34. The molecule has 0 spiro atoms. The van der Waals surface area contributed by atoms with Crippen molar-refractivity contribution in [2.45, 2.75) is 25.8 Å². The first-order valence-corrected chi connectivity index (χ1v) is 12.6. The lowest BCUT2D eigenvalue weighted by Crippen LogP contribution is -2.53. The monoisotopic (exact) mass is 436 g/mol. The van der Waals surface area contributed by atoms with Gasteiger partial charge in [-0.15, -0.1) is 11.3 Å². The molecule has 1 atom stereocenters. The summed E-state index contributed by atoms with van der Waals surface area (Å²) in [6.45, 7) is 3.61. The molecule has 9 heteroatoms. The van der Waals surface area contributed by atoms with Crippen LogP contribution in [0.15, 0.2) is 24.5 Å². The third kappa shape index (κ3) is 4.45. The number of carbonyl (C=O) groups excluding carboxylic acids is 1. The Morgan fingerprint density at radius 1 is 1.24 bits per heavy atom. The number of amides is 1. The Morgan fingerprint density at radius 3 is 2.55 bits per heavy atom. The van der Waals surface area contributed by atoms with Gasteiger partial charge in [0.25, 0.3) is 0 Å². The molecule has 1 amide bonds. The van der Waals surface area contributed by atoms with Gasteiger partial charge in [0.2, 0.25) is 11.9 Å². The largest absolute Gasteiger partial charge is 0.337 e. The van der Waals surface area contributed by atoms with Crippen LogP contribution in [0.4, 0.5) is 10.3 Å². The zero-order valence-corrected chi connectivity index (χ0v) is 18.1. The van der Waals surface area contributed by atoms with Gasteiger partial charge in [-0.2, -0.15) is 4.39 Å². The van der Waals surface area contributed by atoms with Crippen molar-refractivity contribution in [1.82, 2.24) is 14.9 Å². The number of thiophene rings is 1. The van der Waals surface area contributed by atoms with Crippen LogP contribution in [-0.2, 0) is 14.3 Å². The van der Waals surface area contributed by atoms with Crippen LogP contribution < -0.4 is 4.90 Å². The van der Waals surface area contributed by atoms with Crippen molar-refractivity contribution in [1.29, 1.82) is 0 Å². The van der Waals surface area contributed by atoms with Crippen molar-refractivity contribution in [3.8, 4) is 0 Å². The number of halogens is 1. The lowest BCUT2D eigenvalue weighted by Gasteiger charge is -2.43. The number of aryl methyl sites for hydroxylation is 1. The first-order valence-electron chi connectivity index (χ1n) is 9.74. The van der Waals surface area contributed by atoms with Crippen molar-refractivity contribution in [2.24, 2.45) is 5.92 Å². The molecule has 156 valence electrons. The predicted molar refractivity (Wildman–Crippen MR) is 115 cm³/mol. The maximum Gasteiger partial charge on any atom is 0.226 e. The Balaban J connectivity index is 1.56. The first kappa shape index (κ1) is 20.3. The highest BCUT2D eigenvalue weighted by atomic mass is 32.2. The summed E-state index contributed by atoms with van der Waals surface area (Å²) in [6.07, 6.45) is 4.76. The Kier molecular flexibility index (Phi) is 5.61. The molecule has 4 heterocycles. The predicted octanol–water partition coefficient (Wildman–Crippen LogP) is 2.50. The molecule has 0 bridgehead atoms. The summed E-state index contributed by atoms with van der Waals surface area (Å²) in [7, 11) is -2.03. The molecule has 2 fully saturated rings. The average Bonchev–Trinajstić information content (AvgIpc) is 3.14. The lowest BCUT2D eigenvalue weighted by molar-refractivity contribution is -0.138. The van der Waals surface area contributed by atoms with Gasteiger partial charge in [0.15, 0.2) is 5.13 Å². The smallest absolute Gasteiger partial charge is 0.226 e. The lowest BCUT2D eigenvalue weighted by atomic mass is 9.98. The van der Waals surface area contributed by atoms with Crippen molar-refractivity contribution in [2.75, 3.05) is 36.0 Å². The van der Waals surface area contributed by atoms with E-state index in [4.69, 9.17) is 0 Å². The van der Waals surface area contributed by atoms with E-state index in [9.17, 15) is 13.4 Å². The molecular weight excluding hydrogens is 411 g/mol. The van der Waals surface area contributed by atoms with Gasteiger partial charge in [-0.3, -0.25) is 9.00 Å². The second-order valence-electron chi connectivity index (χ2n) is 7.84. The van der Waals surface area contributed by atoms with E-state index in [1.165, 1.54) is 6.07 Å². The number of piperazine rings is 1. The molecule has 4 rings (SSSR count). The molecule has 29 heavy (non-hydrogen) atoms. The van der Waals surface area contributed by atoms with Crippen molar-refractivity contribution in [3.05, 3.63) is 40.1 Å². The number of rotatable bonds is 3. The van der Waals surface area contributed by atoms with Crippen LogP contribution in [0.3, 0.4) is 0 Å². The number of hydrogen-bond donors (Lipinski definition) is 0. The maximum atomic E-state index is 13.8. The van der Waals surface area contributed by atoms with Gasteiger partial charge in [-0.1, -0.05) is 0 Å². The third-order valence-corrected chi connectivity index (χ3v) is 8.60. The van der Waals surface area contributed by atoms with E-state index in [0.717, 1.165) is 21.8 Å². The van der Waals surface area contributed by atoms with E-state index in [2.05, 4.69) is 20.7 Å². The molecule has 0 aliphatic carbocycles. The minimum absolute atomic E-state index is 0.0724. The molecule has 2 saturated heterocycles. The fraction of sp³-hybridized carbons (Fsp3) is 0.500. The molecular formula is C20H25FN4O2S2. The molecule has 0 N–H and O–H groups in total. The minimum atomic E-state index is -2.03. The van der Waals surface area contributed by atoms with Crippen LogP contribution in [0.25, 0.3) is 0 Å². The average molecular weight is 437 g/mol. The van der Waals surface area contributed by atoms with Gasteiger partial charge in [0.05, 0.1) is 6.04 Å².